The fourth-order valence-corrected chi connectivity index (χ4v) is 3.25. The molecule has 1 N–H and O–H groups in total. The summed E-state index contributed by atoms with van der Waals surface area (Å²) in [6.45, 7) is 4.20. The van der Waals surface area contributed by atoms with Crippen molar-refractivity contribution in [3.05, 3.63) is 41.6 Å². The molecule has 0 radical (unpaired) electrons. The topological polar surface area (TPSA) is 39.1 Å². The summed E-state index contributed by atoms with van der Waals surface area (Å²) in [4.78, 5) is 0. The van der Waals surface area contributed by atoms with E-state index in [4.69, 9.17) is 9.84 Å². The lowest BCUT2D eigenvalue weighted by molar-refractivity contribution is 0.412. The van der Waals surface area contributed by atoms with Gasteiger partial charge in [0.15, 0.2) is 0 Å². The number of methoxy groups -OCH3 is 1. The van der Waals surface area contributed by atoms with Crippen molar-refractivity contribution in [1.82, 2.24) is 9.78 Å². The minimum atomic E-state index is 0.442. The molecule has 3 atom stereocenters. The lowest BCUT2D eigenvalue weighted by atomic mass is 9.97. The largest absolute Gasteiger partial charge is 0.497 e. The minimum Gasteiger partial charge on any atom is -0.497 e. The standard InChI is InChI=1S/C17H21N3O/c1-11-6-15(11)16-8-17-18-9-13(10-20(17)19-16)12-4-3-5-14(7-12)21-2/h3-5,7-8,11,13,15,18H,6,9-10H2,1-2H3. The maximum absolute atomic E-state index is 5.33. The molecule has 2 aromatic rings. The van der Waals surface area contributed by atoms with E-state index in [9.17, 15) is 0 Å². The number of benzene rings is 1. The van der Waals surface area contributed by atoms with Crippen LogP contribution in [0, 0.1) is 5.92 Å². The average Bonchev–Trinajstić information content (AvgIpc) is 3.10. The normalized spacial score (nSPS) is 26.9. The molecule has 1 saturated carbocycles. The molecule has 4 heteroatoms. The van der Waals surface area contributed by atoms with Gasteiger partial charge in [0.1, 0.15) is 11.6 Å². The second-order valence-corrected chi connectivity index (χ2v) is 6.31. The first-order chi connectivity index (χ1) is 10.2. The van der Waals surface area contributed by atoms with E-state index >= 15 is 0 Å². The van der Waals surface area contributed by atoms with E-state index in [0.29, 0.717) is 11.8 Å². The molecule has 4 rings (SSSR count). The molecule has 1 fully saturated rings. The molecule has 0 amide bonds. The number of anilines is 1. The van der Waals surface area contributed by atoms with Crippen molar-refractivity contribution < 1.29 is 4.74 Å². The Morgan fingerprint density at radius 2 is 2.19 bits per heavy atom. The van der Waals surface area contributed by atoms with Crippen LogP contribution in [0.25, 0.3) is 0 Å². The maximum atomic E-state index is 5.33. The highest BCUT2D eigenvalue weighted by Crippen LogP contribution is 2.47. The predicted octanol–water partition coefficient (Wildman–Crippen LogP) is 3.22. The van der Waals surface area contributed by atoms with E-state index in [1.807, 2.05) is 6.07 Å². The Labute approximate surface area is 125 Å². The Balaban J connectivity index is 1.56. The van der Waals surface area contributed by atoms with Crippen molar-refractivity contribution in [3.8, 4) is 5.75 Å². The van der Waals surface area contributed by atoms with Crippen LogP contribution in [0.2, 0.25) is 0 Å². The number of nitrogens with zero attached hydrogens (tertiary/aromatic N) is 2. The van der Waals surface area contributed by atoms with Crippen molar-refractivity contribution in [2.24, 2.45) is 5.92 Å². The summed E-state index contributed by atoms with van der Waals surface area (Å²) in [6.07, 6.45) is 1.29. The summed E-state index contributed by atoms with van der Waals surface area (Å²) in [6, 6.07) is 10.6. The fourth-order valence-electron chi connectivity index (χ4n) is 3.25. The Morgan fingerprint density at radius 1 is 1.33 bits per heavy atom. The molecule has 0 spiro atoms. The number of aromatic nitrogens is 2. The molecule has 0 bridgehead atoms. The smallest absolute Gasteiger partial charge is 0.124 e. The SMILES string of the molecule is COc1cccc(C2CNc3cc(C4CC4C)nn3C2)c1. The predicted molar refractivity (Wildman–Crippen MR) is 83.0 cm³/mol. The van der Waals surface area contributed by atoms with Gasteiger partial charge >= 0.3 is 0 Å². The van der Waals surface area contributed by atoms with Crippen LogP contribution >= 0.6 is 0 Å². The summed E-state index contributed by atoms with van der Waals surface area (Å²) < 4.78 is 7.46. The van der Waals surface area contributed by atoms with Gasteiger partial charge < -0.3 is 10.1 Å². The number of ether oxygens (including phenoxy) is 1. The molecular weight excluding hydrogens is 262 g/mol. The third-order valence-electron chi connectivity index (χ3n) is 4.78. The molecule has 2 heterocycles. The summed E-state index contributed by atoms with van der Waals surface area (Å²) in [7, 11) is 1.72. The lowest BCUT2D eigenvalue weighted by Crippen LogP contribution is -2.26. The molecule has 1 aromatic heterocycles. The summed E-state index contributed by atoms with van der Waals surface area (Å²) in [5.74, 6) is 4.02. The highest BCUT2D eigenvalue weighted by molar-refractivity contribution is 5.43. The Morgan fingerprint density at radius 3 is 2.95 bits per heavy atom. The van der Waals surface area contributed by atoms with Gasteiger partial charge in [-0.3, -0.25) is 0 Å². The molecule has 110 valence electrons. The fraction of sp³-hybridized carbons (Fsp3) is 0.471. The Kier molecular flexibility index (Phi) is 2.91. The number of fused-ring (bicyclic) bond motifs is 1. The molecule has 2 aliphatic rings. The van der Waals surface area contributed by atoms with Gasteiger partial charge in [0, 0.05) is 24.4 Å². The molecule has 4 nitrogen and oxygen atoms in total. The highest BCUT2D eigenvalue weighted by Gasteiger charge is 2.37. The highest BCUT2D eigenvalue weighted by atomic mass is 16.5. The van der Waals surface area contributed by atoms with Crippen LogP contribution in [0.1, 0.15) is 36.4 Å². The van der Waals surface area contributed by atoms with E-state index in [1.165, 1.54) is 23.5 Å². The third kappa shape index (κ3) is 2.28. The molecule has 1 aliphatic carbocycles. The minimum absolute atomic E-state index is 0.442. The van der Waals surface area contributed by atoms with Gasteiger partial charge in [0.05, 0.1) is 19.3 Å². The molecular formula is C17H21N3O. The van der Waals surface area contributed by atoms with Gasteiger partial charge in [-0.25, -0.2) is 4.68 Å². The van der Waals surface area contributed by atoms with Gasteiger partial charge in [-0.15, -0.1) is 0 Å². The average molecular weight is 283 g/mol. The monoisotopic (exact) mass is 283 g/mol. The van der Waals surface area contributed by atoms with E-state index in [1.54, 1.807) is 7.11 Å². The van der Waals surface area contributed by atoms with Crippen molar-refractivity contribution in [2.75, 3.05) is 19.0 Å². The molecule has 21 heavy (non-hydrogen) atoms. The molecule has 3 unspecified atom stereocenters. The van der Waals surface area contributed by atoms with Crippen LogP contribution in [0.4, 0.5) is 5.82 Å². The summed E-state index contributed by atoms with van der Waals surface area (Å²) >= 11 is 0. The van der Waals surface area contributed by atoms with Crippen LogP contribution in [0.3, 0.4) is 0 Å². The summed E-state index contributed by atoms with van der Waals surface area (Å²) in [5, 5.41) is 8.33. The number of hydrogen-bond donors (Lipinski definition) is 1. The van der Waals surface area contributed by atoms with Crippen LogP contribution in [0.15, 0.2) is 30.3 Å². The van der Waals surface area contributed by atoms with Gasteiger partial charge in [0.25, 0.3) is 0 Å². The Bertz CT molecular complexity index is 664. The maximum Gasteiger partial charge on any atom is 0.124 e. The van der Waals surface area contributed by atoms with Crippen LogP contribution in [-0.2, 0) is 6.54 Å². The van der Waals surface area contributed by atoms with Gasteiger partial charge in [-0.2, -0.15) is 5.10 Å². The molecule has 0 saturated heterocycles. The first kappa shape index (κ1) is 12.7. The van der Waals surface area contributed by atoms with E-state index < -0.39 is 0 Å². The molecule has 1 aromatic carbocycles. The van der Waals surface area contributed by atoms with Crippen LogP contribution < -0.4 is 10.1 Å². The van der Waals surface area contributed by atoms with Crippen molar-refractivity contribution in [3.63, 3.8) is 0 Å². The Hall–Kier alpha value is -1.97. The zero-order valence-corrected chi connectivity index (χ0v) is 12.5. The first-order valence-electron chi connectivity index (χ1n) is 7.70. The second kappa shape index (κ2) is 4.79. The zero-order valence-electron chi connectivity index (χ0n) is 12.5. The molecule has 1 aliphatic heterocycles. The van der Waals surface area contributed by atoms with Crippen LogP contribution in [-0.4, -0.2) is 23.4 Å². The third-order valence-corrected chi connectivity index (χ3v) is 4.78. The first-order valence-corrected chi connectivity index (χ1v) is 7.70. The lowest BCUT2D eigenvalue weighted by Gasteiger charge is -2.25. The number of hydrogen-bond acceptors (Lipinski definition) is 3. The second-order valence-electron chi connectivity index (χ2n) is 6.31. The number of rotatable bonds is 3. The quantitative estimate of drug-likeness (QED) is 0.940. The van der Waals surface area contributed by atoms with E-state index in [2.05, 4.69) is 41.2 Å². The van der Waals surface area contributed by atoms with Gasteiger partial charge in [-0.05, 0) is 30.0 Å². The van der Waals surface area contributed by atoms with Crippen molar-refractivity contribution in [1.29, 1.82) is 0 Å². The van der Waals surface area contributed by atoms with E-state index in [-0.39, 0.29) is 0 Å². The van der Waals surface area contributed by atoms with Gasteiger partial charge in [-0.1, -0.05) is 19.1 Å². The van der Waals surface area contributed by atoms with Crippen molar-refractivity contribution >= 4 is 5.82 Å². The van der Waals surface area contributed by atoms with Crippen LogP contribution in [0.5, 0.6) is 5.75 Å². The van der Waals surface area contributed by atoms with Crippen molar-refractivity contribution in [2.45, 2.75) is 31.7 Å². The summed E-state index contributed by atoms with van der Waals surface area (Å²) in [5.41, 5.74) is 2.57. The number of nitrogens with one attached hydrogen (secondary N) is 1. The zero-order chi connectivity index (χ0) is 14.4. The van der Waals surface area contributed by atoms with Gasteiger partial charge in [0.2, 0.25) is 0 Å². The van der Waals surface area contributed by atoms with E-state index in [0.717, 1.165) is 24.8 Å².